The van der Waals surface area contributed by atoms with Crippen LogP contribution in [-0.4, -0.2) is 84.9 Å². The van der Waals surface area contributed by atoms with Crippen molar-refractivity contribution in [3.05, 3.63) is 29.0 Å². The minimum absolute atomic E-state index is 0.272. The molecule has 10 heteroatoms. The van der Waals surface area contributed by atoms with Crippen molar-refractivity contribution in [1.29, 1.82) is 0 Å². The van der Waals surface area contributed by atoms with Crippen LogP contribution in [-0.2, 0) is 4.74 Å². The first kappa shape index (κ1) is 17.8. The van der Waals surface area contributed by atoms with E-state index in [1.165, 1.54) is 6.08 Å². The summed E-state index contributed by atoms with van der Waals surface area (Å²) in [4.78, 5) is 4.05. The molecule has 3 aliphatic rings. The van der Waals surface area contributed by atoms with Crippen molar-refractivity contribution in [3.8, 4) is 0 Å². The standard InChI is InChI=1S/C14H21F3N5O2/c1-19(2)13(20-5-7-24-8-6-20)21-11-4-3-10(14(15,16)17)9-12(11)22(23)18-21/h3-4,9,11-13,18H,5-8H2,1-2H3/q-1. The number of morpholine rings is 1. The van der Waals surface area contributed by atoms with Gasteiger partial charge in [-0.05, 0) is 14.1 Å². The van der Waals surface area contributed by atoms with E-state index in [0.717, 1.165) is 12.2 Å². The van der Waals surface area contributed by atoms with Gasteiger partial charge in [-0.3, -0.25) is 15.0 Å². The van der Waals surface area contributed by atoms with Crippen LogP contribution in [0, 0.1) is 5.21 Å². The second kappa shape index (κ2) is 6.71. The molecule has 24 heavy (non-hydrogen) atoms. The molecule has 0 amide bonds. The summed E-state index contributed by atoms with van der Waals surface area (Å²) in [5.74, 6) is 0. The van der Waals surface area contributed by atoms with Gasteiger partial charge in [0.15, 0.2) is 0 Å². The van der Waals surface area contributed by atoms with Gasteiger partial charge in [0.05, 0.1) is 30.9 Å². The van der Waals surface area contributed by atoms with Crippen LogP contribution >= 0.6 is 0 Å². The maximum Gasteiger partial charge on any atom is 0.416 e. The van der Waals surface area contributed by atoms with Crippen LogP contribution in [0.15, 0.2) is 23.8 Å². The summed E-state index contributed by atoms with van der Waals surface area (Å²) in [6, 6.07) is -1.40. The first-order chi connectivity index (χ1) is 11.3. The third-order valence-corrected chi connectivity index (χ3v) is 4.39. The fourth-order valence-electron chi connectivity index (χ4n) is 3.32. The Labute approximate surface area is 138 Å². The molecule has 2 fully saturated rings. The average molecular weight is 348 g/mol. The van der Waals surface area contributed by atoms with Gasteiger partial charge in [-0.1, -0.05) is 18.2 Å². The van der Waals surface area contributed by atoms with Crippen molar-refractivity contribution in [1.82, 2.24) is 25.5 Å². The van der Waals surface area contributed by atoms with Crippen LogP contribution in [0.3, 0.4) is 0 Å². The van der Waals surface area contributed by atoms with Crippen LogP contribution in [0.5, 0.6) is 0 Å². The highest BCUT2D eigenvalue weighted by molar-refractivity contribution is 5.34. The number of hydrazine groups is 2. The van der Waals surface area contributed by atoms with Crippen molar-refractivity contribution in [3.63, 3.8) is 0 Å². The van der Waals surface area contributed by atoms with Gasteiger partial charge in [-0.2, -0.15) is 23.7 Å². The fraction of sp³-hybridized carbons (Fsp3) is 0.714. The Morgan fingerprint density at radius 3 is 2.54 bits per heavy atom. The molecule has 0 spiro atoms. The van der Waals surface area contributed by atoms with E-state index in [-0.39, 0.29) is 6.29 Å². The Bertz CT molecular complexity index is 519. The zero-order valence-corrected chi connectivity index (χ0v) is 13.5. The molecule has 0 saturated carbocycles. The first-order valence-corrected chi connectivity index (χ1v) is 7.75. The molecular formula is C14H21F3N5O2-. The highest BCUT2D eigenvalue weighted by atomic mass is 19.4. The fourth-order valence-corrected chi connectivity index (χ4v) is 3.32. The van der Waals surface area contributed by atoms with Crippen LogP contribution in [0.2, 0.25) is 0 Å². The monoisotopic (exact) mass is 348 g/mol. The van der Waals surface area contributed by atoms with E-state index >= 15 is 0 Å². The smallest absolute Gasteiger partial charge is 0.416 e. The van der Waals surface area contributed by atoms with Crippen LogP contribution in [0.25, 0.3) is 0 Å². The summed E-state index contributed by atoms with van der Waals surface area (Å²) in [6.45, 7) is 2.54. The molecule has 0 radical (unpaired) electrons. The lowest BCUT2D eigenvalue weighted by Gasteiger charge is -2.44. The number of hydrogen-bond acceptors (Lipinski definition) is 7. The predicted octanol–water partition coefficient (Wildman–Crippen LogP) is 0.495. The lowest BCUT2D eigenvalue weighted by atomic mass is 9.98. The van der Waals surface area contributed by atoms with Gasteiger partial charge in [0.1, 0.15) is 6.29 Å². The Hall–Kier alpha value is -1.01. The van der Waals surface area contributed by atoms with E-state index in [4.69, 9.17) is 4.74 Å². The van der Waals surface area contributed by atoms with Gasteiger partial charge in [0, 0.05) is 13.1 Å². The highest BCUT2D eigenvalue weighted by Crippen LogP contribution is 2.34. The van der Waals surface area contributed by atoms with Crippen LogP contribution in [0.4, 0.5) is 13.2 Å². The van der Waals surface area contributed by atoms with Gasteiger partial charge in [0.25, 0.3) is 0 Å². The molecule has 7 nitrogen and oxygen atoms in total. The molecule has 2 aliphatic heterocycles. The number of nitrogens with zero attached hydrogens (tertiary/aromatic N) is 4. The molecule has 3 rings (SSSR count). The zero-order valence-electron chi connectivity index (χ0n) is 13.5. The van der Waals surface area contributed by atoms with Crippen molar-refractivity contribution in [2.75, 3.05) is 40.4 Å². The van der Waals surface area contributed by atoms with Crippen molar-refractivity contribution in [2.24, 2.45) is 0 Å². The minimum atomic E-state index is -4.46. The number of alkyl halides is 3. The van der Waals surface area contributed by atoms with Gasteiger partial charge in [0.2, 0.25) is 0 Å². The van der Waals surface area contributed by atoms with Crippen LogP contribution < -0.4 is 5.53 Å². The summed E-state index contributed by atoms with van der Waals surface area (Å²) in [5.41, 5.74) is 1.88. The molecule has 2 saturated heterocycles. The molecule has 136 valence electrons. The SMILES string of the molecule is CN(C)C(N1CCOCC1)N1NN([O-])C2C=C(C(F)(F)F)C=CC21. The molecule has 0 aromatic heterocycles. The van der Waals surface area contributed by atoms with Crippen molar-refractivity contribution in [2.45, 2.75) is 24.5 Å². The third kappa shape index (κ3) is 3.36. The maximum atomic E-state index is 12.9. The number of ether oxygens (including phenoxy) is 1. The van der Waals surface area contributed by atoms with Gasteiger partial charge in [-0.15, -0.1) is 0 Å². The lowest BCUT2D eigenvalue weighted by molar-refractivity contribution is -0.116. The number of allylic oxidation sites excluding steroid dienone is 2. The van der Waals surface area contributed by atoms with Crippen molar-refractivity contribution >= 4 is 0 Å². The molecule has 0 aromatic carbocycles. The summed E-state index contributed by atoms with van der Waals surface area (Å²) in [6.07, 6.45) is -1.26. The summed E-state index contributed by atoms with van der Waals surface area (Å²) in [7, 11) is 3.74. The quantitative estimate of drug-likeness (QED) is 0.797. The topological polar surface area (TPSA) is 57.3 Å². The van der Waals surface area contributed by atoms with Crippen molar-refractivity contribution < 1.29 is 17.9 Å². The summed E-state index contributed by atoms with van der Waals surface area (Å²) in [5, 5.41) is 14.3. The van der Waals surface area contributed by atoms with Gasteiger partial charge < -0.3 is 9.94 Å². The molecule has 0 aromatic rings. The lowest BCUT2D eigenvalue weighted by Crippen LogP contribution is -2.63. The largest absolute Gasteiger partial charge is 0.770 e. The molecule has 1 N–H and O–H groups in total. The zero-order chi connectivity index (χ0) is 17.5. The number of fused-ring (bicyclic) bond motifs is 1. The maximum absolute atomic E-state index is 12.9. The van der Waals surface area contributed by atoms with E-state index in [2.05, 4.69) is 10.4 Å². The minimum Gasteiger partial charge on any atom is -0.770 e. The molecule has 0 bridgehead atoms. The van der Waals surface area contributed by atoms with E-state index in [0.29, 0.717) is 31.5 Å². The molecular weight excluding hydrogens is 327 g/mol. The van der Waals surface area contributed by atoms with Crippen LogP contribution in [0.1, 0.15) is 0 Å². The number of halogens is 3. The molecule has 1 aliphatic carbocycles. The average Bonchev–Trinajstić information content (AvgIpc) is 2.84. The number of hydroxylamine groups is 1. The summed E-state index contributed by atoms with van der Waals surface area (Å²) < 4.78 is 44.0. The Balaban J connectivity index is 1.82. The predicted molar refractivity (Wildman–Crippen MR) is 80.9 cm³/mol. The third-order valence-electron chi connectivity index (χ3n) is 4.39. The second-order valence-corrected chi connectivity index (χ2v) is 6.25. The second-order valence-electron chi connectivity index (χ2n) is 6.25. The van der Waals surface area contributed by atoms with Gasteiger partial charge in [-0.25, -0.2) is 0 Å². The van der Waals surface area contributed by atoms with Gasteiger partial charge >= 0.3 is 6.18 Å². The highest BCUT2D eigenvalue weighted by Gasteiger charge is 2.44. The normalized spacial score (nSPS) is 31.4. The van der Waals surface area contributed by atoms with E-state index in [1.54, 1.807) is 5.01 Å². The Kier molecular flexibility index (Phi) is 4.98. The molecule has 2 heterocycles. The Morgan fingerprint density at radius 1 is 1.29 bits per heavy atom. The molecule has 3 atom stereocenters. The number of nitrogens with one attached hydrogen (secondary N) is 1. The Morgan fingerprint density at radius 2 is 1.96 bits per heavy atom. The van der Waals surface area contributed by atoms with E-state index < -0.39 is 23.8 Å². The number of rotatable bonds is 3. The summed E-state index contributed by atoms with van der Waals surface area (Å²) >= 11 is 0. The molecule has 3 unspecified atom stereocenters. The van der Waals surface area contributed by atoms with E-state index in [9.17, 15) is 18.4 Å². The number of hydrogen-bond donors (Lipinski definition) is 1. The van der Waals surface area contributed by atoms with E-state index in [1.807, 2.05) is 19.0 Å². The first-order valence-electron chi connectivity index (χ1n) is 7.75.